The molecule has 0 spiro atoms. The molecule has 1 aliphatic rings. The van der Waals surface area contributed by atoms with Gasteiger partial charge < -0.3 is 19.4 Å². The summed E-state index contributed by atoms with van der Waals surface area (Å²) in [7, 11) is 0. The predicted octanol–water partition coefficient (Wildman–Crippen LogP) is 2.31. The number of aromatic nitrogens is 2. The molecule has 1 aliphatic heterocycles. The average Bonchev–Trinajstić information content (AvgIpc) is 3.11. The van der Waals surface area contributed by atoms with Gasteiger partial charge in [-0.3, -0.25) is 4.79 Å². The molecule has 3 heterocycles. The third-order valence-electron chi connectivity index (χ3n) is 4.15. The average molecular weight is 344 g/mol. The molecule has 2 aromatic heterocycles. The number of nitrogens with zero attached hydrogens (tertiary/aromatic N) is 3. The van der Waals surface area contributed by atoms with E-state index in [1.165, 1.54) is 6.42 Å². The highest BCUT2D eigenvalue weighted by Gasteiger charge is 2.19. The van der Waals surface area contributed by atoms with Crippen molar-refractivity contribution in [3.8, 4) is 5.88 Å². The highest BCUT2D eigenvalue weighted by molar-refractivity contribution is 5.77. The Bertz CT molecular complexity index is 702. The van der Waals surface area contributed by atoms with Crippen LogP contribution in [-0.2, 0) is 11.3 Å². The van der Waals surface area contributed by atoms with Crippen molar-refractivity contribution >= 4 is 11.9 Å². The summed E-state index contributed by atoms with van der Waals surface area (Å²) in [6.45, 7) is 6.30. The molecule has 1 saturated heterocycles. The van der Waals surface area contributed by atoms with E-state index in [1.807, 2.05) is 6.92 Å². The van der Waals surface area contributed by atoms with Gasteiger partial charge in [0.25, 0.3) is 5.91 Å². The Morgan fingerprint density at radius 3 is 3.12 bits per heavy atom. The normalized spacial score (nSPS) is 17.4. The molecule has 1 atom stereocenters. The Balaban J connectivity index is 1.55. The van der Waals surface area contributed by atoms with E-state index in [-0.39, 0.29) is 12.5 Å². The van der Waals surface area contributed by atoms with Crippen LogP contribution in [0.4, 0.5) is 5.95 Å². The number of nitrogens with one attached hydrogen (secondary N) is 1. The lowest BCUT2D eigenvalue weighted by atomic mass is 10.0. The molecular formula is C18H24N4O3. The Kier molecular flexibility index (Phi) is 5.53. The zero-order valence-corrected chi connectivity index (χ0v) is 14.7. The van der Waals surface area contributed by atoms with Crippen LogP contribution in [0, 0.1) is 12.8 Å². The van der Waals surface area contributed by atoms with Gasteiger partial charge in [0.05, 0.1) is 12.8 Å². The minimum absolute atomic E-state index is 0.0903. The number of rotatable bonds is 6. The number of piperidine rings is 1. The number of ether oxygens (including phenoxy) is 1. The summed E-state index contributed by atoms with van der Waals surface area (Å²) in [6.07, 6.45) is 3.95. The molecule has 7 nitrogen and oxygen atoms in total. The minimum Gasteiger partial charge on any atom is -0.467 e. The van der Waals surface area contributed by atoms with Crippen molar-refractivity contribution in [1.82, 2.24) is 15.3 Å². The number of carbonyl (C=O) groups excluding carboxylic acids is 1. The van der Waals surface area contributed by atoms with Crippen LogP contribution in [0.25, 0.3) is 0 Å². The molecule has 3 rings (SSSR count). The highest BCUT2D eigenvalue weighted by Crippen LogP contribution is 2.22. The van der Waals surface area contributed by atoms with Gasteiger partial charge in [0, 0.05) is 24.8 Å². The van der Waals surface area contributed by atoms with Gasteiger partial charge in [0.1, 0.15) is 5.76 Å². The fraction of sp³-hybridized carbons (Fsp3) is 0.500. The van der Waals surface area contributed by atoms with Gasteiger partial charge in [0.2, 0.25) is 11.8 Å². The maximum absolute atomic E-state index is 11.9. The molecular weight excluding hydrogens is 320 g/mol. The molecule has 0 unspecified atom stereocenters. The van der Waals surface area contributed by atoms with E-state index < -0.39 is 0 Å². The fourth-order valence-corrected chi connectivity index (χ4v) is 2.90. The third kappa shape index (κ3) is 4.95. The second-order valence-electron chi connectivity index (χ2n) is 6.49. The second kappa shape index (κ2) is 8.00. The van der Waals surface area contributed by atoms with E-state index in [9.17, 15) is 4.79 Å². The number of amides is 1. The standard InChI is InChI=1S/C18H24N4O3/c1-13-5-3-7-22(11-13)18-20-14(2)9-17(21-18)25-12-16(23)19-10-15-6-4-8-24-15/h4,6,8-9,13H,3,5,7,10-12H2,1-2H3,(H,19,23)/t13-/m1/s1. The van der Waals surface area contributed by atoms with E-state index >= 15 is 0 Å². The first kappa shape index (κ1) is 17.3. The Morgan fingerprint density at radius 1 is 1.48 bits per heavy atom. The van der Waals surface area contributed by atoms with Crippen molar-refractivity contribution < 1.29 is 13.9 Å². The van der Waals surface area contributed by atoms with Gasteiger partial charge in [-0.15, -0.1) is 0 Å². The first-order chi connectivity index (χ1) is 12.1. The van der Waals surface area contributed by atoms with Crippen LogP contribution in [-0.4, -0.2) is 35.6 Å². The van der Waals surface area contributed by atoms with Crippen molar-refractivity contribution in [3.63, 3.8) is 0 Å². The molecule has 25 heavy (non-hydrogen) atoms. The summed E-state index contributed by atoms with van der Waals surface area (Å²) in [5.41, 5.74) is 0.828. The Labute approximate surface area is 147 Å². The first-order valence-corrected chi connectivity index (χ1v) is 8.62. The van der Waals surface area contributed by atoms with Gasteiger partial charge in [-0.2, -0.15) is 4.98 Å². The number of hydrogen-bond donors (Lipinski definition) is 1. The van der Waals surface area contributed by atoms with Crippen LogP contribution >= 0.6 is 0 Å². The van der Waals surface area contributed by atoms with Gasteiger partial charge in [0.15, 0.2) is 6.61 Å². The van der Waals surface area contributed by atoms with Crippen LogP contribution in [0.2, 0.25) is 0 Å². The molecule has 0 saturated carbocycles. The van der Waals surface area contributed by atoms with Crippen molar-refractivity contribution in [2.75, 3.05) is 24.6 Å². The van der Waals surface area contributed by atoms with Gasteiger partial charge in [-0.1, -0.05) is 6.92 Å². The van der Waals surface area contributed by atoms with E-state index in [1.54, 1.807) is 24.5 Å². The number of furan rings is 1. The Morgan fingerprint density at radius 2 is 2.36 bits per heavy atom. The molecule has 7 heteroatoms. The Hall–Kier alpha value is -2.57. The van der Waals surface area contributed by atoms with E-state index in [2.05, 4.69) is 27.1 Å². The SMILES string of the molecule is Cc1cc(OCC(=O)NCc2ccco2)nc(N2CCC[C@@H](C)C2)n1. The highest BCUT2D eigenvalue weighted by atomic mass is 16.5. The summed E-state index contributed by atoms with van der Waals surface area (Å²) in [4.78, 5) is 23.1. The number of hydrogen-bond acceptors (Lipinski definition) is 6. The first-order valence-electron chi connectivity index (χ1n) is 8.62. The number of carbonyl (C=O) groups is 1. The van der Waals surface area contributed by atoms with Gasteiger partial charge in [-0.25, -0.2) is 4.98 Å². The number of anilines is 1. The molecule has 1 fully saturated rings. The summed E-state index contributed by atoms with van der Waals surface area (Å²) in [5, 5.41) is 2.74. The monoisotopic (exact) mass is 344 g/mol. The maximum Gasteiger partial charge on any atom is 0.258 e. The van der Waals surface area contributed by atoms with Crippen LogP contribution in [0.5, 0.6) is 5.88 Å². The summed E-state index contributed by atoms with van der Waals surface area (Å²) < 4.78 is 10.7. The molecule has 0 bridgehead atoms. The second-order valence-corrected chi connectivity index (χ2v) is 6.49. The molecule has 0 aromatic carbocycles. The molecule has 0 radical (unpaired) electrons. The quantitative estimate of drug-likeness (QED) is 0.866. The smallest absolute Gasteiger partial charge is 0.258 e. The molecule has 2 aromatic rings. The maximum atomic E-state index is 11.9. The van der Waals surface area contributed by atoms with Crippen molar-refractivity contribution in [3.05, 3.63) is 35.9 Å². The van der Waals surface area contributed by atoms with Gasteiger partial charge in [-0.05, 0) is 37.8 Å². The van der Waals surface area contributed by atoms with E-state index in [0.717, 1.165) is 25.2 Å². The molecule has 134 valence electrons. The fourth-order valence-electron chi connectivity index (χ4n) is 2.90. The molecule has 1 N–H and O–H groups in total. The van der Waals surface area contributed by atoms with Crippen LogP contribution < -0.4 is 15.0 Å². The third-order valence-corrected chi connectivity index (χ3v) is 4.15. The summed E-state index contributed by atoms with van der Waals surface area (Å²) in [6, 6.07) is 5.34. The summed E-state index contributed by atoms with van der Waals surface area (Å²) >= 11 is 0. The lowest BCUT2D eigenvalue weighted by molar-refractivity contribution is -0.123. The molecule has 0 aliphatic carbocycles. The van der Waals surface area contributed by atoms with E-state index in [0.29, 0.717) is 30.1 Å². The lowest BCUT2D eigenvalue weighted by Gasteiger charge is -2.31. The number of aryl methyl sites for hydroxylation is 1. The van der Waals surface area contributed by atoms with Gasteiger partial charge >= 0.3 is 0 Å². The van der Waals surface area contributed by atoms with E-state index in [4.69, 9.17) is 9.15 Å². The van der Waals surface area contributed by atoms with Crippen molar-refractivity contribution in [2.24, 2.45) is 5.92 Å². The van der Waals surface area contributed by atoms with Crippen LogP contribution in [0.15, 0.2) is 28.9 Å². The largest absolute Gasteiger partial charge is 0.467 e. The lowest BCUT2D eigenvalue weighted by Crippen LogP contribution is -2.35. The minimum atomic E-state index is -0.221. The topological polar surface area (TPSA) is 80.5 Å². The molecule has 1 amide bonds. The van der Waals surface area contributed by atoms with Crippen molar-refractivity contribution in [2.45, 2.75) is 33.2 Å². The zero-order chi connectivity index (χ0) is 17.6. The predicted molar refractivity (Wildman–Crippen MR) is 93.4 cm³/mol. The zero-order valence-electron chi connectivity index (χ0n) is 14.7. The van der Waals surface area contributed by atoms with Crippen molar-refractivity contribution in [1.29, 1.82) is 0 Å². The van der Waals surface area contributed by atoms with Crippen LogP contribution in [0.3, 0.4) is 0 Å². The van der Waals surface area contributed by atoms with Crippen LogP contribution in [0.1, 0.15) is 31.2 Å². The summed E-state index contributed by atoms with van der Waals surface area (Å²) in [5.74, 6) is 2.22.